The van der Waals surface area contributed by atoms with E-state index in [0.29, 0.717) is 23.0 Å². The lowest BCUT2D eigenvalue weighted by molar-refractivity contribution is -0.116. The molecule has 0 atom stereocenters. The zero-order chi connectivity index (χ0) is 21.1. The second-order valence-corrected chi connectivity index (χ2v) is 8.39. The van der Waals surface area contributed by atoms with Crippen LogP contribution in [-0.4, -0.2) is 51.1 Å². The van der Waals surface area contributed by atoms with Gasteiger partial charge in [-0.15, -0.1) is 0 Å². The standard InChI is InChI=1S/C23H30N6O/c1-15(2)20-17(8-6-13-29-11-4-5-12-29)16(3)26-19(20)14-18-21(27-28-23(18)30)22-24-9-7-10-25-22/h7,9-10,14-15,26H,4-6,8,11-13H2,1-3H3,(H,28,30). The number of nitrogens with zero attached hydrogens (tertiary/aromatic N) is 4. The van der Waals surface area contributed by atoms with E-state index in [-0.39, 0.29) is 5.91 Å². The summed E-state index contributed by atoms with van der Waals surface area (Å²) in [4.78, 5) is 27.1. The molecule has 2 aromatic rings. The Bertz CT molecular complexity index is 967. The highest BCUT2D eigenvalue weighted by molar-refractivity contribution is 6.32. The third-order valence-electron chi connectivity index (χ3n) is 5.90. The number of carbonyl (C=O) groups is 1. The second kappa shape index (κ2) is 8.92. The van der Waals surface area contributed by atoms with Crippen LogP contribution in [0.4, 0.5) is 0 Å². The molecule has 158 valence electrons. The van der Waals surface area contributed by atoms with Crippen molar-refractivity contribution in [1.82, 2.24) is 25.3 Å². The predicted molar refractivity (Wildman–Crippen MR) is 118 cm³/mol. The van der Waals surface area contributed by atoms with E-state index >= 15 is 0 Å². The van der Waals surface area contributed by atoms with Crippen LogP contribution in [0.1, 0.15) is 67.4 Å². The van der Waals surface area contributed by atoms with Crippen molar-refractivity contribution in [3.05, 3.63) is 52.4 Å². The average molecular weight is 407 g/mol. The Morgan fingerprint density at radius 1 is 1.20 bits per heavy atom. The van der Waals surface area contributed by atoms with Gasteiger partial charge in [0.25, 0.3) is 5.91 Å². The van der Waals surface area contributed by atoms with Crippen molar-refractivity contribution in [2.75, 3.05) is 19.6 Å². The van der Waals surface area contributed by atoms with E-state index in [1.165, 1.54) is 42.8 Å². The fraction of sp³-hybridized carbons (Fsp3) is 0.478. The molecule has 30 heavy (non-hydrogen) atoms. The molecule has 0 aliphatic carbocycles. The average Bonchev–Trinajstić information content (AvgIpc) is 3.44. The number of hydrogen-bond acceptors (Lipinski definition) is 5. The number of amides is 1. The Morgan fingerprint density at radius 2 is 1.93 bits per heavy atom. The second-order valence-electron chi connectivity index (χ2n) is 8.39. The Morgan fingerprint density at radius 3 is 2.63 bits per heavy atom. The monoisotopic (exact) mass is 406 g/mol. The van der Waals surface area contributed by atoms with E-state index in [0.717, 1.165) is 25.1 Å². The van der Waals surface area contributed by atoms with Crippen molar-refractivity contribution >= 4 is 17.7 Å². The van der Waals surface area contributed by atoms with Crippen LogP contribution >= 0.6 is 0 Å². The molecule has 0 spiro atoms. The molecule has 0 unspecified atom stereocenters. The highest BCUT2D eigenvalue weighted by Crippen LogP contribution is 2.30. The fourth-order valence-electron chi connectivity index (χ4n) is 4.50. The number of hydrazone groups is 1. The lowest BCUT2D eigenvalue weighted by atomic mass is 9.93. The van der Waals surface area contributed by atoms with Crippen LogP contribution in [0.5, 0.6) is 0 Å². The maximum Gasteiger partial charge on any atom is 0.273 e. The fourth-order valence-corrected chi connectivity index (χ4v) is 4.50. The molecule has 7 heteroatoms. The zero-order valence-electron chi connectivity index (χ0n) is 18.0. The molecule has 4 rings (SSSR count). The molecule has 1 amide bonds. The molecule has 0 bridgehead atoms. The first-order valence-electron chi connectivity index (χ1n) is 10.9. The quantitative estimate of drug-likeness (QED) is 0.692. The summed E-state index contributed by atoms with van der Waals surface area (Å²) in [6.45, 7) is 10.2. The molecule has 0 radical (unpaired) electrons. The van der Waals surface area contributed by atoms with Gasteiger partial charge in [0.2, 0.25) is 0 Å². The van der Waals surface area contributed by atoms with Crippen LogP contribution < -0.4 is 5.43 Å². The first kappa shape index (κ1) is 20.5. The van der Waals surface area contributed by atoms with E-state index in [1.54, 1.807) is 18.5 Å². The smallest absolute Gasteiger partial charge is 0.273 e. The van der Waals surface area contributed by atoms with Gasteiger partial charge in [-0.3, -0.25) is 4.79 Å². The van der Waals surface area contributed by atoms with Crippen molar-refractivity contribution in [1.29, 1.82) is 0 Å². The van der Waals surface area contributed by atoms with Gasteiger partial charge < -0.3 is 9.88 Å². The van der Waals surface area contributed by atoms with Gasteiger partial charge in [-0.05, 0) is 81.4 Å². The van der Waals surface area contributed by atoms with Crippen molar-refractivity contribution < 1.29 is 4.79 Å². The molecule has 2 N–H and O–H groups in total. The summed E-state index contributed by atoms with van der Waals surface area (Å²) in [6, 6.07) is 1.75. The van der Waals surface area contributed by atoms with Gasteiger partial charge >= 0.3 is 0 Å². The molecule has 0 aromatic carbocycles. The van der Waals surface area contributed by atoms with Gasteiger partial charge in [-0.25, -0.2) is 15.4 Å². The van der Waals surface area contributed by atoms with Crippen molar-refractivity contribution in [2.45, 2.75) is 52.4 Å². The molecular formula is C23H30N6O. The number of aromatic amines is 1. The summed E-state index contributed by atoms with van der Waals surface area (Å²) in [6.07, 6.45) is 10.1. The highest BCUT2D eigenvalue weighted by atomic mass is 16.2. The van der Waals surface area contributed by atoms with Crippen LogP contribution in [-0.2, 0) is 11.2 Å². The Balaban J connectivity index is 1.61. The number of likely N-dealkylation sites (tertiary alicyclic amines) is 1. The van der Waals surface area contributed by atoms with Crippen LogP contribution in [0.25, 0.3) is 6.08 Å². The largest absolute Gasteiger partial charge is 0.359 e. The number of aryl methyl sites for hydroxylation is 1. The first-order chi connectivity index (χ1) is 14.5. The first-order valence-corrected chi connectivity index (χ1v) is 10.9. The number of rotatable bonds is 7. The maximum atomic E-state index is 12.5. The summed E-state index contributed by atoms with van der Waals surface area (Å²) in [7, 11) is 0. The lowest BCUT2D eigenvalue weighted by Crippen LogP contribution is -2.20. The summed E-state index contributed by atoms with van der Waals surface area (Å²) >= 11 is 0. The Kier molecular flexibility index (Phi) is 6.08. The summed E-state index contributed by atoms with van der Waals surface area (Å²) in [5.74, 6) is 0.568. The number of carbonyl (C=O) groups excluding carboxylic acids is 1. The molecule has 0 saturated carbocycles. The van der Waals surface area contributed by atoms with Crippen LogP contribution in [0.15, 0.2) is 29.1 Å². The van der Waals surface area contributed by atoms with E-state index in [2.05, 4.69) is 51.2 Å². The minimum absolute atomic E-state index is 0.227. The number of nitrogens with one attached hydrogen (secondary N) is 2. The van der Waals surface area contributed by atoms with Gasteiger partial charge in [0, 0.05) is 23.8 Å². The van der Waals surface area contributed by atoms with Crippen LogP contribution in [0, 0.1) is 6.92 Å². The molecule has 7 nitrogen and oxygen atoms in total. The molecule has 1 saturated heterocycles. The Labute approximate surface area is 177 Å². The minimum atomic E-state index is -0.227. The van der Waals surface area contributed by atoms with E-state index in [9.17, 15) is 4.79 Å². The summed E-state index contributed by atoms with van der Waals surface area (Å²) in [5.41, 5.74) is 8.36. The third kappa shape index (κ3) is 4.21. The van der Waals surface area contributed by atoms with E-state index in [1.807, 2.05) is 6.08 Å². The summed E-state index contributed by atoms with van der Waals surface area (Å²) < 4.78 is 0. The van der Waals surface area contributed by atoms with Gasteiger partial charge in [0.1, 0.15) is 5.71 Å². The third-order valence-corrected chi connectivity index (χ3v) is 5.90. The van der Waals surface area contributed by atoms with Crippen molar-refractivity contribution in [3.8, 4) is 0 Å². The molecule has 2 aromatic heterocycles. The molecule has 4 heterocycles. The lowest BCUT2D eigenvalue weighted by Gasteiger charge is -2.15. The highest BCUT2D eigenvalue weighted by Gasteiger charge is 2.27. The molecular weight excluding hydrogens is 376 g/mol. The maximum absolute atomic E-state index is 12.5. The number of hydrogen-bond donors (Lipinski definition) is 2. The molecule has 2 aliphatic heterocycles. The van der Waals surface area contributed by atoms with Gasteiger partial charge in [0.15, 0.2) is 5.82 Å². The van der Waals surface area contributed by atoms with E-state index < -0.39 is 0 Å². The van der Waals surface area contributed by atoms with Gasteiger partial charge in [0.05, 0.1) is 5.57 Å². The number of aromatic nitrogens is 3. The predicted octanol–water partition coefficient (Wildman–Crippen LogP) is 3.18. The minimum Gasteiger partial charge on any atom is -0.359 e. The molecule has 1 fully saturated rings. The normalized spacial score (nSPS) is 18.5. The zero-order valence-corrected chi connectivity index (χ0v) is 18.0. The molecule has 2 aliphatic rings. The van der Waals surface area contributed by atoms with Gasteiger partial charge in [-0.2, -0.15) is 5.10 Å². The summed E-state index contributed by atoms with van der Waals surface area (Å²) in [5, 5.41) is 4.17. The van der Waals surface area contributed by atoms with Crippen LogP contribution in [0.2, 0.25) is 0 Å². The van der Waals surface area contributed by atoms with E-state index in [4.69, 9.17) is 0 Å². The van der Waals surface area contributed by atoms with Gasteiger partial charge in [-0.1, -0.05) is 13.8 Å². The topological polar surface area (TPSA) is 86.3 Å². The Hall–Kier alpha value is -2.80. The SMILES string of the molecule is Cc1[nH]c(C=C2C(=O)NN=C2c2ncccn2)c(C(C)C)c1CCCN1CCCC1. The van der Waals surface area contributed by atoms with Crippen molar-refractivity contribution in [2.24, 2.45) is 5.10 Å². The number of H-pyrrole nitrogens is 1. The van der Waals surface area contributed by atoms with Crippen molar-refractivity contribution in [3.63, 3.8) is 0 Å². The van der Waals surface area contributed by atoms with Crippen LogP contribution in [0.3, 0.4) is 0 Å².